The number of imidazole rings is 1. The van der Waals surface area contributed by atoms with E-state index in [2.05, 4.69) is 24.1 Å². The zero-order valence-electron chi connectivity index (χ0n) is 17.1. The van der Waals surface area contributed by atoms with Crippen molar-refractivity contribution < 1.29 is 9.59 Å². The van der Waals surface area contributed by atoms with Crippen LogP contribution >= 0.6 is 0 Å². The third kappa shape index (κ3) is 3.75. The molecule has 150 valence electrons. The summed E-state index contributed by atoms with van der Waals surface area (Å²) in [5.74, 6) is -0.561. The number of aromatic nitrogens is 2. The Kier molecular flexibility index (Phi) is 5.09. The van der Waals surface area contributed by atoms with Crippen molar-refractivity contribution in [3.8, 4) is 0 Å². The second-order valence-corrected chi connectivity index (χ2v) is 7.92. The van der Waals surface area contributed by atoms with Crippen molar-refractivity contribution in [2.75, 3.05) is 11.4 Å². The van der Waals surface area contributed by atoms with Crippen molar-refractivity contribution in [2.24, 2.45) is 5.92 Å². The molecule has 1 fully saturated rings. The topological polar surface area (TPSA) is 66.7 Å². The molecule has 0 spiro atoms. The van der Waals surface area contributed by atoms with Gasteiger partial charge in [-0.05, 0) is 49.1 Å². The predicted molar refractivity (Wildman–Crippen MR) is 113 cm³/mol. The van der Waals surface area contributed by atoms with E-state index in [-0.39, 0.29) is 11.8 Å². The number of fused-ring (bicyclic) bond motifs is 1. The van der Waals surface area contributed by atoms with E-state index >= 15 is 0 Å². The number of amides is 2. The van der Waals surface area contributed by atoms with E-state index in [1.807, 2.05) is 60.0 Å². The number of aryl methyl sites for hydroxylation is 1. The number of nitrogens with one attached hydrogen (secondary N) is 1. The molecule has 0 aliphatic carbocycles. The lowest BCUT2D eigenvalue weighted by Crippen LogP contribution is -2.36. The van der Waals surface area contributed by atoms with Crippen LogP contribution < -0.4 is 10.2 Å². The largest absolute Gasteiger partial charge is 0.350 e. The number of hydrogen-bond donors (Lipinski definition) is 1. The Hall–Kier alpha value is -3.15. The number of hydrogen-bond acceptors (Lipinski definition) is 3. The quantitative estimate of drug-likeness (QED) is 0.679. The molecule has 1 N–H and O–H groups in total. The van der Waals surface area contributed by atoms with E-state index in [0.29, 0.717) is 25.4 Å². The first-order valence-corrected chi connectivity index (χ1v) is 10.1. The molecule has 1 aliphatic heterocycles. The van der Waals surface area contributed by atoms with Gasteiger partial charge in [0.2, 0.25) is 11.8 Å². The Morgan fingerprint density at radius 2 is 1.97 bits per heavy atom. The molecule has 1 saturated heterocycles. The lowest BCUT2D eigenvalue weighted by Gasteiger charge is -2.17. The van der Waals surface area contributed by atoms with Crippen molar-refractivity contribution in [1.82, 2.24) is 14.7 Å². The van der Waals surface area contributed by atoms with Crippen molar-refractivity contribution >= 4 is 23.1 Å². The first kappa shape index (κ1) is 19.2. The van der Waals surface area contributed by atoms with Crippen molar-refractivity contribution in [3.05, 3.63) is 65.6 Å². The number of pyridine rings is 1. The molecule has 6 nitrogen and oxygen atoms in total. The minimum atomic E-state index is -0.640. The van der Waals surface area contributed by atoms with Crippen LogP contribution in [0.3, 0.4) is 0 Å². The lowest BCUT2D eigenvalue weighted by molar-refractivity contribution is -0.132. The van der Waals surface area contributed by atoms with Gasteiger partial charge in [-0.15, -0.1) is 0 Å². The molecule has 3 heterocycles. The zero-order chi connectivity index (χ0) is 20.5. The van der Waals surface area contributed by atoms with E-state index < -0.39 is 5.92 Å². The molecule has 1 aliphatic rings. The van der Waals surface area contributed by atoms with Gasteiger partial charge in [0.1, 0.15) is 11.6 Å². The summed E-state index contributed by atoms with van der Waals surface area (Å²) in [5.41, 5.74) is 4.79. The summed E-state index contributed by atoms with van der Waals surface area (Å²) in [7, 11) is 0. The monoisotopic (exact) mass is 390 g/mol. The molecule has 3 aromatic rings. The van der Waals surface area contributed by atoms with Crippen LogP contribution in [0.2, 0.25) is 0 Å². The fraction of sp³-hybridized carbons (Fsp3) is 0.348. The maximum absolute atomic E-state index is 12.8. The molecule has 0 unspecified atom stereocenters. The number of nitrogens with zero attached hydrogens (tertiary/aromatic N) is 3. The molecule has 1 aromatic carbocycles. The fourth-order valence-electron chi connectivity index (χ4n) is 3.80. The Morgan fingerprint density at radius 3 is 2.66 bits per heavy atom. The second kappa shape index (κ2) is 7.70. The molecule has 6 heteroatoms. The molecule has 0 bridgehead atoms. The first-order valence-electron chi connectivity index (χ1n) is 10.1. The van der Waals surface area contributed by atoms with Gasteiger partial charge >= 0.3 is 0 Å². The molecule has 2 aromatic heterocycles. The van der Waals surface area contributed by atoms with Crippen LogP contribution in [0.5, 0.6) is 0 Å². The maximum Gasteiger partial charge on any atom is 0.239 e. The number of carbonyl (C=O) groups is 2. The predicted octanol–water partition coefficient (Wildman–Crippen LogP) is 3.44. The van der Waals surface area contributed by atoms with Crippen LogP contribution in [-0.4, -0.2) is 27.7 Å². The summed E-state index contributed by atoms with van der Waals surface area (Å²) >= 11 is 0. The fourth-order valence-corrected chi connectivity index (χ4v) is 3.80. The van der Waals surface area contributed by atoms with Crippen molar-refractivity contribution in [2.45, 2.75) is 39.7 Å². The molecule has 29 heavy (non-hydrogen) atoms. The summed E-state index contributed by atoms with van der Waals surface area (Å²) in [5, 5.41) is 2.89. The van der Waals surface area contributed by atoms with Crippen molar-refractivity contribution in [1.29, 1.82) is 0 Å². The van der Waals surface area contributed by atoms with Gasteiger partial charge in [-0.1, -0.05) is 32.0 Å². The van der Waals surface area contributed by atoms with Gasteiger partial charge in [-0.25, -0.2) is 4.98 Å². The van der Waals surface area contributed by atoms with Gasteiger partial charge in [0.25, 0.3) is 0 Å². The summed E-state index contributed by atoms with van der Waals surface area (Å²) in [6, 6.07) is 13.9. The minimum Gasteiger partial charge on any atom is -0.350 e. The number of carbonyl (C=O) groups excluding carboxylic acids is 2. The Balaban J connectivity index is 1.40. The second-order valence-electron chi connectivity index (χ2n) is 7.92. The normalized spacial score (nSPS) is 16.8. The molecule has 0 saturated carbocycles. The van der Waals surface area contributed by atoms with Gasteiger partial charge in [0.15, 0.2) is 0 Å². The highest BCUT2D eigenvalue weighted by Gasteiger charge is 2.37. The number of anilines is 1. The number of rotatable bonds is 5. The summed E-state index contributed by atoms with van der Waals surface area (Å²) in [6.07, 6.45) is 2.45. The van der Waals surface area contributed by atoms with Crippen LogP contribution in [0, 0.1) is 12.8 Å². The third-order valence-electron chi connectivity index (χ3n) is 5.58. The van der Waals surface area contributed by atoms with E-state index in [4.69, 9.17) is 0 Å². The SMILES string of the molecule is Cc1cccc2nc(CNC(=O)[C@H]3CCN(c4ccc(C(C)C)cc4)C3=O)cn12. The smallest absolute Gasteiger partial charge is 0.239 e. The van der Waals surface area contributed by atoms with E-state index in [9.17, 15) is 9.59 Å². The molecule has 1 atom stereocenters. The molecular formula is C23H26N4O2. The average Bonchev–Trinajstić information content (AvgIpc) is 3.30. The highest BCUT2D eigenvalue weighted by atomic mass is 16.2. The van der Waals surface area contributed by atoms with Gasteiger partial charge in [0, 0.05) is 24.1 Å². The standard InChI is InChI=1S/C23H26N4O2/c1-15(2)17-7-9-19(10-8-17)26-12-11-20(23(26)29)22(28)24-13-18-14-27-16(3)5-4-6-21(27)25-18/h4-10,14-15,20H,11-13H2,1-3H3,(H,24,28)/t20-/m1/s1. The highest BCUT2D eigenvalue weighted by molar-refractivity contribution is 6.09. The summed E-state index contributed by atoms with van der Waals surface area (Å²) in [4.78, 5) is 31.7. The van der Waals surface area contributed by atoms with Crippen LogP contribution in [-0.2, 0) is 16.1 Å². The van der Waals surface area contributed by atoms with Crippen LogP contribution in [0.15, 0.2) is 48.7 Å². The molecule has 4 rings (SSSR count). The summed E-state index contributed by atoms with van der Waals surface area (Å²) < 4.78 is 1.99. The van der Waals surface area contributed by atoms with Crippen LogP contribution in [0.4, 0.5) is 5.69 Å². The first-order chi connectivity index (χ1) is 13.9. The minimum absolute atomic E-state index is 0.134. The number of benzene rings is 1. The van der Waals surface area contributed by atoms with Gasteiger partial charge in [-0.2, -0.15) is 0 Å². The van der Waals surface area contributed by atoms with E-state index in [0.717, 1.165) is 22.7 Å². The van der Waals surface area contributed by atoms with Crippen molar-refractivity contribution in [3.63, 3.8) is 0 Å². The van der Waals surface area contributed by atoms with Gasteiger partial charge in [-0.3, -0.25) is 9.59 Å². The lowest BCUT2D eigenvalue weighted by atomic mass is 10.0. The summed E-state index contributed by atoms with van der Waals surface area (Å²) in [6.45, 7) is 7.16. The van der Waals surface area contributed by atoms with Crippen LogP contribution in [0.1, 0.15) is 43.1 Å². The maximum atomic E-state index is 12.8. The van der Waals surface area contributed by atoms with Gasteiger partial charge < -0.3 is 14.6 Å². The van der Waals surface area contributed by atoms with E-state index in [1.54, 1.807) is 4.90 Å². The molecule has 2 amide bonds. The van der Waals surface area contributed by atoms with E-state index in [1.165, 1.54) is 5.56 Å². The Bertz CT molecular complexity index is 1050. The van der Waals surface area contributed by atoms with Crippen LogP contribution in [0.25, 0.3) is 5.65 Å². The van der Waals surface area contributed by atoms with Gasteiger partial charge in [0.05, 0.1) is 12.2 Å². The molecule has 0 radical (unpaired) electrons. The Morgan fingerprint density at radius 1 is 1.21 bits per heavy atom. The highest BCUT2D eigenvalue weighted by Crippen LogP contribution is 2.27. The molecular weight excluding hydrogens is 364 g/mol. The zero-order valence-corrected chi connectivity index (χ0v) is 17.1. The average molecular weight is 390 g/mol. The third-order valence-corrected chi connectivity index (χ3v) is 5.58. The Labute approximate surface area is 170 Å².